The van der Waals surface area contributed by atoms with Gasteiger partial charge in [-0.25, -0.2) is 14.6 Å². The van der Waals surface area contributed by atoms with Crippen LogP contribution in [0, 0.1) is 0 Å². The van der Waals surface area contributed by atoms with Crippen LogP contribution in [0.15, 0.2) is 17.0 Å². The average Bonchev–Trinajstić information content (AvgIpc) is 2.92. The van der Waals surface area contributed by atoms with E-state index in [1.807, 2.05) is 19.9 Å². The molecule has 23 heavy (non-hydrogen) atoms. The van der Waals surface area contributed by atoms with Gasteiger partial charge < -0.3 is 14.8 Å². The number of rotatable bonds is 5. The molecule has 1 rings (SSSR count). The van der Waals surface area contributed by atoms with Crippen molar-refractivity contribution in [2.45, 2.75) is 53.2 Å². The second-order valence-electron chi connectivity index (χ2n) is 5.90. The molecule has 0 bridgehead atoms. The minimum atomic E-state index is -0.586. The minimum absolute atomic E-state index is 0.242. The summed E-state index contributed by atoms with van der Waals surface area (Å²) >= 11 is 1.29. The van der Waals surface area contributed by atoms with E-state index in [2.05, 4.69) is 10.3 Å². The Morgan fingerprint density at radius 3 is 2.61 bits per heavy atom. The smallest absolute Gasteiger partial charge is 0.408 e. The quantitative estimate of drug-likeness (QED) is 0.650. The molecule has 0 saturated heterocycles. The number of carbonyl (C=O) groups excluding carboxylic acids is 2. The maximum Gasteiger partial charge on any atom is 0.408 e. The van der Waals surface area contributed by atoms with E-state index < -0.39 is 23.7 Å². The average molecular weight is 340 g/mol. The van der Waals surface area contributed by atoms with E-state index in [0.717, 1.165) is 5.57 Å². The van der Waals surface area contributed by atoms with Crippen LogP contribution in [0.2, 0.25) is 0 Å². The van der Waals surface area contributed by atoms with Crippen LogP contribution in [0.3, 0.4) is 0 Å². The fraction of sp³-hybridized carbons (Fsp3) is 0.562. The number of amides is 1. The van der Waals surface area contributed by atoms with Crippen LogP contribution in [0.1, 0.15) is 63.1 Å². The van der Waals surface area contributed by atoms with Crippen molar-refractivity contribution in [3.8, 4) is 0 Å². The first-order valence-corrected chi connectivity index (χ1v) is 8.30. The molecule has 1 atom stereocenters. The van der Waals surface area contributed by atoms with Crippen molar-refractivity contribution in [1.82, 2.24) is 10.3 Å². The van der Waals surface area contributed by atoms with Gasteiger partial charge in [0.25, 0.3) is 0 Å². The predicted molar refractivity (Wildman–Crippen MR) is 89.6 cm³/mol. The third-order valence-corrected chi connectivity index (χ3v) is 3.73. The van der Waals surface area contributed by atoms with Gasteiger partial charge >= 0.3 is 12.1 Å². The summed E-state index contributed by atoms with van der Waals surface area (Å²) in [6.45, 7) is 11.2. The molecule has 1 N–H and O–H groups in total. The molecule has 0 spiro atoms. The molecule has 0 aliphatic rings. The van der Waals surface area contributed by atoms with Crippen molar-refractivity contribution in [2.24, 2.45) is 0 Å². The molecule has 0 aliphatic carbocycles. The Morgan fingerprint density at radius 2 is 2.09 bits per heavy atom. The molecule has 0 aromatic carbocycles. The summed E-state index contributed by atoms with van der Waals surface area (Å²) in [5.74, 6) is -0.468. The van der Waals surface area contributed by atoms with Gasteiger partial charge in [0.05, 0.1) is 6.61 Å². The summed E-state index contributed by atoms with van der Waals surface area (Å²) < 4.78 is 10.2. The molecule has 0 radical (unpaired) electrons. The third kappa shape index (κ3) is 6.02. The van der Waals surface area contributed by atoms with Crippen molar-refractivity contribution in [2.75, 3.05) is 6.61 Å². The van der Waals surface area contributed by atoms with Gasteiger partial charge in [-0.05, 0) is 47.1 Å². The van der Waals surface area contributed by atoms with Crippen molar-refractivity contribution < 1.29 is 19.1 Å². The molecule has 128 valence electrons. The zero-order valence-corrected chi connectivity index (χ0v) is 15.2. The van der Waals surface area contributed by atoms with Gasteiger partial charge in [0.2, 0.25) is 0 Å². The Labute approximate surface area is 140 Å². The maximum absolute atomic E-state index is 12.0. The Morgan fingerprint density at radius 1 is 1.43 bits per heavy atom. The highest BCUT2D eigenvalue weighted by Gasteiger charge is 2.24. The molecule has 0 aliphatic heterocycles. The van der Waals surface area contributed by atoms with Crippen molar-refractivity contribution in [3.63, 3.8) is 0 Å². The molecule has 6 nitrogen and oxygen atoms in total. The summed E-state index contributed by atoms with van der Waals surface area (Å²) in [6.07, 6.45) is 1.35. The van der Waals surface area contributed by atoms with Crippen LogP contribution in [-0.2, 0) is 9.47 Å². The zero-order chi connectivity index (χ0) is 17.6. The lowest BCUT2D eigenvalue weighted by Crippen LogP contribution is -2.35. The summed E-state index contributed by atoms with van der Waals surface area (Å²) in [5, 5.41) is 5.02. The lowest BCUT2D eigenvalue weighted by Gasteiger charge is -2.23. The minimum Gasteiger partial charge on any atom is -0.461 e. The van der Waals surface area contributed by atoms with E-state index in [9.17, 15) is 9.59 Å². The number of nitrogens with one attached hydrogen (secondary N) is 1. The Hall–Kier alpha value is -1.89. The lowest BCUT2D eigenvalue weighted by molar-refractivity contribution is 0.0509. The molecular formula is C16H24N2O4S. The highest BCUT2D eigenvalue weighted by Crippen LogP contribution is 2.25. The van der Waals surface area contributed by atoms with E-state index in [4.69, 9.17) is 9.47 Å². The first-order valence-electron chi connectivity index (χ1n) is 7.42. The Bertz CT molecular complexity index is 587. The van der Waals surface area contributed by atoms with Gasteiger partial charge in [0.1, 0.15) is 16.7 Å². The number of thiazole rings is 1. The van der Waals surface area contributed by atoms with Crippen LogP contribution < -0.4 is 5.32 Å². The van der Waals surface area contributed by atoms with Crippen molar-refractivity contribution >= 4 is 23.4 Å². The van der Waals surface area contributed by atoms with Crippen molar-refractivity contribution in [1.29, 1.82) is 0 Å². The van der Waals surface area contributed by atoms with Crippen LogP contribution in [-0.4, -0.2) is 29.3 Å². The van der Waals surface area contributed by atoms with Crippen LogP contribution in [0.5, 0.6) is 0 Å². The Balaban J connectivity index is 2.95. The van der Waals surface area contributed by atoms with Gasteiger partial charge in [-0.2, -0.15) is 0 Å². The molecule has 7 heteroatoms. The highest BCUT2D eigenvalue weighted by atomic mass is 32.1. The standard InChI is InChI=1S/C16H24N2O4S/c1-7-10(3)12(18-15(20)22-16(4,5)6)13-17-11(9-23-13)14(19)21-8-2/h7,9,12H,8H2,1-6H3,(H,18,20)/b10-7-/t12-/m0/s1. The third-order valence-electron chi connectivity index (χ3n) is 2.83. The molecule has 0 fully saturated rings. The number of aromatic nitrogens is 1. The Kier molecular flexibility index (Phi) is 6.75. The zero-order valence-electron chi connectivity index (χ0n) is 14.4. The normalized spacial score (nSPS) is 13.4. The topological polar surface area (TPSA) is 77.5 Å². The fourth-order valence-electron chi connectivity index (χ4n) is 1.68. The van der Waals surface area contributed by atoms with Gasteiger partial charge in [-0.15, -0.1) is 11.3 Å². The first-order chi connectivity index (χ1) is 10.7. The van der Waals surface area contributed by atoms with Gasteiger partial charge in [-0.3, -0.25) is 0 Å². The summed E-state index contributed by atoms with van der Waals surface area (Å²) in [7, 11) is 0. The van der Waals surface area contributed by atoms with E-state index in [0.29, 0.717) is 11.6 Å². The predicted octanol–water partition coefficient (Wildman–Crippen LogP) is 3.85. The van der Waals surface area contributed by atoms with E-state index in [1.54, 1.807) is 33.1 Å². The number of allylic oxidation sites excluding steroid dienone is 1. The number of hydrogen-bond acceptors (Lipinski definition) is 6. The van der Waals surface area contributed by atoms with Gasteiger partial charge in [-0.1, -0.05) is 6.08 Å². The number of alkyl carbamates (subject to hydrolysis) is 1. The van der Waals surface area contributed by atoms with Gasteiger partial charge in [0.15, 0.2) is 5.69 Å². The molecule has 0 unspecified atom stereocenters. The molecule has 1 aromatic rings. The number of nitrogens with zero attached hydrogens (tertiary/aromatic N) is 1. The van der Waals surface area contributed by atoms with Crippen molar-refractivity contribution in [3.05, 3.63) is 27.7 Å². The fourth-order valence-corrected chi connectivity index (χ4v) is 2.59. The lowest BCUT2D eigenvalue weighted by atomic mass is 10.1. The monoisotopic (exact) mass is 340 g/mol. The van der Waals surface area contributed by atoms with E-state index in [-0.39, 0.29) is 5.69 Å². The summed E-state index contributed by atoms with van der Waals surface area (Å²) in [6, 6.07) is -0.442. The van der Waals surface area contributed by atoms with E-state index in [1.165, 1.54) is 11.3 Å². The summed E-state index contributed by atoms with van der Waals surface area (Å²) in [5.41, 5.74) is 0.560. The van der Waals surface area contributed by atoms with E-state index >= 15 is 0 Å². The highest BCUT2D eigenvalue weighted by molar-refractivity contribution is 7.10. The second-order valence-corrected chi connectivity index (χ2v) is 6.79. The second kappa shape index (κ2) is 8.10. The molecule has 1 heterocycles. The number of carbonyl (C=O) groups is 2. The maximum atomic E-state index is 12.0. The largest absolute Gasteiger partial charge is 0.461 e. The molecular weight excluding hydrogens is 316 g/mol. The van der Waals surface area contributed by atoms with Crippen LogP contribution >= 0.6 is 11.3 Å². The number of hydrogen-bond donors (Lipinski definition) is 1. The van der Waals surface area contributed by atoms with Crippen LogP contribution in [0.25, 0.3) is 0 Å². The molecule has 1 amide bonds. The summed E-state index contributed by atoms with van der Waals surface area (Å²) in [4.78, 5) is 28.0. The molecule has 1 aromatic heterocycles. The number of esters is 1. The van der Waals surface area contributed by atoms with Gasteiger partial charge in [0, 0.05) is 5.38 Å². The first kappa shape index (κ1) is 19.2. The number of ether oxygens (including phenoxy) is 2. The van der Waals surface area contributed by atoms with Crippen LogP contribution in [0.4, 0.5) is 4.79 Å². The SMILES string of the molecule is C/C=C(/C)[C@H](NC(=O)OC(C)(C)C)c1nc(C(=O)OCC)cs1. The molecule has 0 saturated carbocycles.